The second-order valence-corrected chi connectivity index (χ2v) is 8.14. The summed E-state index contributed by atoms with van der Waals surface area (Å²) in [5, 5.41) is 20.8. The highest BCUT2D eigenvalue weighted by Gasteiger charge is 2.25. The SMILES string of the molecule is Cc1cc(C)c(OCC(=O)c2c(C)c(C#N)c(=O)n(Cc3ccccc3Cl)c2O)c(C)c1. The molecule has 164 valence electrons. The lowest BCUT2D eigenvalue weighted by atomic mass is 10.0. The zero-order valence-corrected chi connectivity index (χ0v) is 19.1. The van der Waals surface area contributed by atoms with Crippen molar-refractivity contribution in [3.8, 4) is 17.7 Å². The zero-order chi connectivity index (χ0) is 23.6. The molecular formula is C25H23ClN2O4. The van der Waals surface area contributed by atoms with Gasteiger partial charge in [-0.2, -0.15) is 5.26 Å². The van der Waals surface area contributed by atoms with Crippen LogP contribution in [0.25, 0.3) is 0 Å². The van der Waals surface area contributed by atoms with Crippen molar-refractivity contribution in [2.75, 3.05) is 6.61 Å². The van der Waals surface area contributed by atoms with Gasteiger partial charge < -0.3 is 9.84 Å². The predicted octanol–water partition coefficient (Wildman–Crippen LogP) is 4.62. The highest BCUT2D eigenvalue weighted by molar-refractivity contribution is 6.31. The average Bonchev–Trinajstić information content (AvgIpc) is 2.72. The van der Waals surface area contributed by atoms with Crippen molar-refractivity contribution in [2.24, 2.45) is 0 Å². The molecule has 0 aliphatic carbocycles. The van der Waals surface area contributed by atoms with Crippen LogP contribution in [0.3, 0.4) is 0 Å². The van der Waals surface area contributed by atoms with Crippen LogP contribution < -0.4 is 10.3 Å². The molecule has 0 unspecified atom stereocenters. The van der Waals surface area contributed by atoms with Crippen molar-refractivity contribution >= 4 is 17.4 Å². The monoisotopic (exact) mass is 450 g/mol. The van der Waals surface area contributed by atoms with E-state index in [1.165, 1.54) is 6.92 Å². The third kappa shape index (κ3) is 4.39. The number of ketones is 1. The summed E-state index contributed by atoms with van der Waals surface area (Å²) < 4.78 is 6.77. The number of pyridine rings is 1. The Balaban J connectivity index is 2.03. The van der Waals surface area contributed by atoms with E-state index >= 15 is 0 Å². The van der Waals surface area contributed by atoms with E-state index in [1.807, 2.05) is 39.0 Å². The Hall–Kier alpha value is -3.56. The normalized spacial score (nSPS) is 10.6. The van der Waals surface area contributed by atoms with Gasteiger partial charge in [0.05, 0.1) is 12.1 Å². The van der Waals surface area contributed by atoms with Gasteiger partial charge >= 0.3 is 0 Å². The van der Waals surface area contributed by atoms with Gasteiger partial charge in [-0.3, -0.25) is 14.2 Å². The molecule has 0 atom stereocenters. The number of benzene rings is 2. The maximum absolute atomic E-state index is 13.1. The standard InChI is InChI=1S/C25H23ClN2O4/c1-14-9-15(2)23(16(3)10-14)32-13-21(29)22-17(4)19(11-27)24(30)28(25(22)31)12-18-7-5-6-8-20(18)26/h5-10,31H,12-13H2,1-4H3. The Morgan fingerprint density at radius 2 is 1.78 bits per heavy atom. The van der Waals surface area contributed by atoms with Crippen LogP contribution in [0.2, 0.25) is 5.02 Å². The van der Waals surface area contributed by atoms with Gasteiger partial charge in [0.15, 0.2) is 6.61 Å². The molecule has 1 heterocycles. The topological polar surface area (TPSA) is 92.3 Å². The molecule has 0 fully saturated rings. The number of rotatable bonds is 6. The van der Waals surface area contributed by atoms with E-state index in [-0.39, 0.29) is 29.8 Å². The number of Topliss-reactive ketones (excluding diaryl/α,β-unsaturated/α-hetero) is 1. The molecule has 1 N–H and O–H groups in total. The summed E-state index contributed by atoms with van der Waals surface area (Å²) in [7, 11) is 0. The molecule has 2 aromatic carbocycles. The van der Waals surface area contributed by atoms with E-state index in [4.69, 9.17) is 16.3 Å². The van der Waals surface area contributed by atoms with Crippen molar-refractivity contribution in [1.82, 2.24) is 4.57 Å². The number of aromatic hydroxyl groups is 1. The molecule has 0 saturated heterocycles. The lowest BCUT2D eigenvalue weighted by molar-refractivity contribution is 0.0915. The summed E-state index contributed by atoms with van der Waals surface area (Å²) in [5.74, 6) is -0.466. The molecule has 0 bridgehead atoms. The Morgan fingerprint density at radius 1 is 1.16 bits per heavy atom. The van der Waals surface area contributed by atoms with Crippen molar-refractivity contribution in [1.29, 1.82) is 5.26 Å². The Labute approximate surface area is 191 Å². The van der Waals surface area contributed by atoms with Crippen LogP contribution in [-0.4, -0.2) is 22.1 Å². The maximum Gasteiger partial charge on any atom is 0.271 e. The fourth-order valence-electron chi connectivity index (χ4n) is 3.83. The number of hydrogen-bond acceptors (Lipinski definition) is 5. The summed E-state index contributed by atoms with van der Waals surface area (Å²) >= 11 is 6.20. The van der Waals surface area contributed by atoms with E-state index < -0.39 is 17.2 Å². The summed E-state index contributed by atoms with van der Waals surface area (Å²) in [6.07, 6.45) is 0. The van der Waals surface area contributed by atoms with Crippen LogP contribution in [-0.2, 0) is 6.54 Å². The molecule has 0 amide bonds. The van der Waals surface area contributed by atoms with E-state index in [1.54, 1.807) is 24.3 Å². The quantitative estimate of drug-likeness (QED) is 0.553. The minimum Gasteiger partial charge on any atom is -0.494 e. The number of nitriles is 1. The number of nitrogens with zero attached hydrogens (tertiary/aromatic N) is 2. The van der Waals surface area contributed by atoms with Crippen LogP contribution in [0.15, 0.2) is 41.2 Å². The zero-order valence-electron chi connectivity index (χ0n) is 18.3. The van der Waals surface area contributed by atoms with E-state index in [0.717, 1.165) is 21.3 Å². The smallest absolute Gasteiger partial charge is 0.271 e. The van der Waals surface area contributed by atoms with Crippen LogP contribution >= 0.6 is 11.6 Å². The van der Waals surface area contributed by atoms with Gasteiger partial charge in [0.2, 0.25) is 11.7 Å². The average molecular weight is 451 g/mol. The van der Waals surface area contributed by atoms with Gasteiger partial charge in [-0.25, -0.2) is 0 Å². The number of carbonyl (C=O) groups is 1. The summed E-state index contributed by atoms with van der Waals surface area (Å²) in [6, 6.07) is 12.6. The number of ether oxygens (including phenoxy) is 1. The first-order chi connectivity index (χ1) is 15.1. The van der Waals surface area contributed by atoms with Gasteiger partial charge in [-0.15, -0.1) is 0 Å². The van der Waals surface area contributed by atoms with E-state index in [2.05, 4.69) is 0 Å². The molecule has 6 nitrogen and oxygen atoms in total. The highest BCUT2D eigenvalue weighted by Crippen LogP contribution is 2.27. The summed E-state index contributed by atoms with van der Waals surface area (Å²) in [4.78, 5) is 25.9. The Morgan fingerprint density at radius 3 is 2.38 bits per heavy atom. The lowest BCUT2D eigenvalue weighted by Crippen LogP contribution is -2.28. The van der Waals surface area contributed by atoms with E-state index in [0.29, 0.717) is 16.3 Å². The predicted molar refractivity (Wildman–Crippen MR) is 123 cm³/mol. The Kier molecular flexibility index (Phi) is 6.71. The third-order valence-electron chi connectivity index (χ3n) is 5.32. The molecule has 1 aromatic heterocycles. The maximum atomic E-state index is 13.1. The van der Waals surface area contributed by atoms with Crippen LogP contribution in [0.1, 0.15) is 43.7 Å². The number of halogens is 1. The highest BCUT2D eigenvalue weighted by atomic mass is 35.5. The number of carbonyl (C=O) groups excluding carboxylic acids is 1. The Bertz CT molecular complexity index is 1300. The molecule has 3 aromatic rings. The van der Waals surface area contributed by atoms with E-state index in [9.17, 15) is 20.0 Å². The molecule has 0 aliphatic rings. The molecule has 32 heavy (non-hydrogen) atoms. The van der Waals surface area contributed by atoms with Gasteiger partial charge in [-0.1, -0.05) is 47.5 Å². The molecule has 7 heteroatoms. The second kappa shape index (κ2) is 9.29. The summed E-state index contributed by atoms with van der Waals surface area (Å²) in [5.41, 5.74) is 2.53. The summed E-state index contributed by atoms with van der Waals surface area (Å²) in [6.45, 7) is 6.78. The largest absolute Gasteiger partial charge is 0.494 e. The molecule has 0 radical (unpaired) electrons. The molecule has 3 rings (SSSR count). The first-order valence-corrected chi connectivity index (χ1v) is 10.4. The van der Waals surface area contributed by atoms with Crippen LogP contribution in [0.5, 0.6) is 11.6 Å². The minimum atomic E-state index is -0.690. The fourth-order valence-corrected chi connectivity index (χ4v) is 4.03. The lowest BCUT2D eigenvalue weighted by Gasteiger charge is -2.17. The van der Waals surface area contributed by atoms with Gasteiger partial charge in [0.25, 0.3) is 5.56 Å². The third-order valence-corrected chi connectivity index (χ3v) is 5.69. The van der Waals surface area contributed by atoms with Gasteiger partial charge in [0.1, 0.15) is 17.4 Å². The van der Waals surface area contributed by atoms with Crippen LogP contribution in [0.4, 0.5) is 0 Å². The van der Waals surface area contributed by atoms with Gasteiger partial charge in [0, 0.05) is 5.02 Å². The van der Waals surface area contributed by atoms with Crippen molar-refractivity contribution in [3.63, 3.8) is 0 Å². The molecule has 0 saturated carbocycles. The fraction of sp³-hybridized carbons (Fsp3) is 0.240. The number of aromatic nitrogens is 1. The van der Waals surface area contributed by atoms with Crippen molar-refractivity contribution in [3.05, 3.63) is 90.7 Å². The van der Waals surface area contributed by atoms with Crippen molar-refractivity contribution < 1.29 is 14.6 Å². The first kappa shape index (κ1) is 23.1. The minimum absolute atomic E-state index is 0.0867. The number of hydrogen-bond donors (Lipinski definition) is 1. The molecular weight excluding hydrogens is 428 g/mol. The van der Waals surface area contributed by atoms with Gasteiger partial charge in [-0.05, 0) is 56.0 Å². The molecule has 0 spiro atoms. The van der Waals surface area contributed by atoms with Crippen molar-refractivity contribution in [2.45, 2.75) is 34.2 Å². The van der Waals surface area contributed by atoms with Crippen LogP contribution in [0, 0.1) is 39.0 Å². The second-order valence-electron chi connectivity index (χ2n) is 7.73. The molecule has 0 aliphatic heterocycles. The first-order valence-electron chi connectivity index (χ1n) is 9.99. The number of aryl methyl sites for hydroxylation is 3.